The topological polar surface area (TPSA) is 88.4 Å². The lowest BCUT2D eigenvalue weighted by atomic mass is 10.2. The molecule has 2 aromatic carbocycles. The summed E-state index contributed by atoms with van der Waals surface area (Å²) in [6, 6.07) is 13.8. The Hall–Kier alpha value is -3.00. The number of carbonyl (C=O) groups excluding carboxylic acids is 1. The third-order valence-electron chi connectivity index (χ3n) is 4.14. The minimum Gasteiger partial charge on any atom is -0.376 e. The van der Waals surface area contributed by atoms with Crippen LogP contribution in [0.15, 0.2) is 48.5 Å². The average Bonchev–Trinajstić information content (AvgIpc) is 3.09. The van der Waals surface area contributed by atoms with Gasteiger partial charge in [-0.05, 0) is 25.1 Å². The van der Waals surface area contributed by atoms with E-state index in [1.54, 1.807) is 35.4 Å². The molecule has 0 spiro atoms. The molecule has 0 aliphatic carbocycles. The quantitative estimate of drug-likeness (QED) is 0.526. The van der Waals surface area contributed by atoms with Gasteiger partial charge in [0.25, 0.3) is 5.69 Å². The second-order valence-electron chi connectivity index (χ2n) is 5.86. The van der Waals surface area contributed by atoms with Crippen molar-refractivity contribution in [3.63, 3.8) is 0 Å². The number of non-ortho nitro benzene ring substituents is 1. The van der Waals surface area contributed by atoms with Gasteiger partial charge in [0.05, 0.1) is 27.7 Å². The Balaban J connectivity index is 1.65. The fourth-order valence-electron chi connectivity index (χ4n) is 2.48. The molecule has 0 bridgehead atoms. The predicted molar refractivity (Wildman–Crippen MR) is 102 cm³/mol. The van der Waals surface area contributed by atoms with Crippen molar-refractivity contribution in [3.05, 3.63) is 63.7 Å². The first-order valence-corrected chi connectivity index (χ1v) is 8.87. The second-order valence-corrected chi connectivity index (χ2v) is 6.92. The van der Waals surface area contributed by atoms with Crippen molar-refractivity contribution >= 4 is 38.8 Å². The summed E-state index contributed by atoms with van der Waals surface area (Å²) >= 11 is 1.57. The van der Waals surface area contributed by atoms with Gasteiger partial charge < -0.3 is 10.2 Å². The smallest absolute Gasteiger partial charge is 0.271 e. The van der Waals surface area contributed by atoms with Crippen LogP contribution in [0.25, 0.3) is 10.2 Å². The number of nitro benzene ring substituents is 1. The molecule has 1 N–H and O–H groups in total. The lowest BCUT2D eigenvalue weighted by Gasteiger charge is -2.23. The van der Waals surface area contributed by atoms with E-state index >= 15 is 0 Å². The van der Waals surface area contributed by atoms with E-state index < -0.39 is 4.92 Å². The second kappa shape index (κ2) is 7.49. The number of nitro groups is 1. The summed E-state index contributed by atoms with van der Waals surface area (Å²) in [4.78, 5) is 29.0. The molecule has 0 aliphatic heterocycles. The maximum Gasteiger partial charge on any atom is 0.271 e. The standard InChI is InChI=1S/C18H18N4O3S/c1-12(18-20-15-8-3-4-9-16(15)26-18)21(2)17(23)11-19-13-6-5-7-14(10-13)22(24)25/h3-10,12,19H,11H2,1-2H3/t12-/m1/s1. The summed E-state index contributed by atoms with van der Waals surface area (Å²) in [6.45, 7) is 1.98. The largest absolute Gasteiger partial charge is 0.376 e. The molecule has 1 aromatic heterocycles. The first-order valence-electron chi connectivity index (χ1n) is 8.05. The van der Waals surface area contributed by atoms with Crippen LogP contribution in [0.5, 0.6) is 0 Å². The number of nitrogens with zero attached hydrogens (tertiary/aromatic N) is 3. The van der Waals surface area contributed by atoms with Crippen molar-refractivity contribution in [2.45, 2.75) is 13.0 Å². The van der Waals surface area contributed by atoms with Crippen LogP contribution in [0.3, 0.4) is 0 Å². The van der Waals surface area contributed by atoms with E-state index in [2.05, 4.69) is 10.3 Å². The average molecular weight is 370 g/mol. The van der Waals surface area contributed by atoms with Crippen LogP contribution in [-0.2, 0) is 4.79 Å². The lowest BCUT2D eigenvalue weighted by Crippen LogP contribution is -2.34. The molecule has 1 heterocycles. The van der Waals surface area contributed by atoms with Crippen molar-refractivity contribution in [1.82, 2.24) is 9.88 Å². The number of hydrogen-bond acceptors (Lipinski definition) is 6. The summed E-state index contributed by atoms with van der Waals surface area (Å²) < 4.78 is 1.09. The number of nitrogens with one attached hydrogen (secondary N) is 1. The number of rotatable bonds is 6. The maximum absolute atomic E-state index is 12.5. The molecule has 0 aliphatic rings. The van der Waals surface area contributed by atoms with Crippen LogP contribution in [0, 0.1) is 10.1 Å². The Bertz CT molecular complexity index is 923. The molecule has 1 amide bonds. The molecular formula is C18H18N4O3S. The highest BCUT2D eigenvalue weighted by atomic mass is 32.1. The van der Waals surface area contributed by atoms with E-state index in [9.17, 15) is 14.9 Å². The molecule has 7 nitrogen and oxygen atoms in total. The van der Waals surface area contributed by atoms with E-state index in [4.69, 9.17) is 0 Å². The maximum atomic E-state index is 12.5. The molecule has 3 aromatic rings. The highest BCUT2D eigenvalue weighted by Gasteiger charge is 2.20. The number of thiazole rings is 1. The van der Waals surface area contributed by atoms with E-state index in [1.807, 2.05) is 31.2 Å². The SMILES string of the molecule is C[C@H](c1nc2ccccc2s1)N(C)C(=O)CNc1cccc([N+](=O)[O-])c1. The number of hydrogen-bond donors (Lipinski definition) is 1. The fourth-order valence-corrected chi connectivity index (χ4v) is 3.55. The first kappa shape index (κ1) is 17.8. The highest BCUT2D eigenvalue weighted by Crippen LogP contribution is 2.28. The van der Waals surface area contributed by atoms with Gasteiger partial charge in [-0.15, -0.1) is 11.3 Å². The summed E-state index contributed by atoms with van der Waals surface area (Å²) in [5.74, 6) is -0.122. The van der Waals surface area contributed by atoms with Gasteiger partial charge in [0.15, 0.2) is 0 Å². The predicted octanol–water partition coefficient (Wildman–Crippen LogP) is 3.84. The Labute approximate surface area is 154 Å². The van der Waals surface area contributed by atoms with E-state index in [0.29, 0.717) is 5.69 Å². The van der Waals surface area contributed by atoms with Gasteiger partial charge in [0.1, 0.15) is 5.01 Å². The number of carbonyl (C=O) groups is 1. The van der Waals surface area contributed by atoms with Gasteiger partial charge in [-0.3, -0.25) is 14.9 Å². The molecule has 26 heavy (non-hydrogen) atoms. The van der Waals surface area contributed by atoms with Gasteiger partial charge in [-0.25, -0.2) is 4.98 Å². The monoisotopic (exact) mass is 370 g/mol. The van der Waals surface area contributed by atoms with Crippen molar-refractivity contribution in [2.75, 3.05) is 18.9 Å². The van der Waals surface area contributed by atoms with Gasteiger partial charge in [0.2, 0.25) is 5.91 Å². The van der Waals surface area contributed by atoms with Crippen LogP contribution in [0.2, 0.25) is 0 Å². The van der Waals surface area contributed by atoms with Crippen LogP contribution < -0.4 is 5.32 Å². The van der Waals surface area contributed by atoms with Crippen LogP contribution in [0.4, 0.5) is 11.4 Å². The zero-order valence-electron chi connectivity index (χ0n) is 14.4. The minimum atomic E-state index is -0.464. The normalized spacial score (nSPS) is 11.9. The number of amides is 1. The summed E-state index contributed by atoms with van der Waals surface area (Å²) in [7, 11) is 1.73. The van der Waals surface area contributed by atoms with Crippen LogP contribution >= 0.6 is 11.3 Å². The van der Waals surface area contributed by atoms with Gasteiger partial charge in [0, 0.05) is 24.9 Å². The summed E-state index contributed by atoms with van der Waals surface area (Å²) in [5, 5.41) is 14.6. The molecule has 0 radical (unpaired) electrons. The molecule has 0 unspecified atom stereocenters. The number of likely N-dealkylation sites (N-methyl/N-ethyl adjacent to an activating group) is 1. The Morgan fingerprint density at radius 1 is 1.31 bits per heavy atom. The Morgan fingerprint density at radius 2 is 2.08 bits per heavy atom. The zero-order valence-corrected chi connectivity index (χ0v) is 15.2. The number of benzene rings is 2. The first-order chi connectivity index (χ1) is 12.5. The molecule has 3 rings (SSSR count). The molecule has 134 valence electrons. The summed E-state index contributed by atoms with van der Waals surface area (Å²) in [5.41, 5.74) is 1.45. The highest BCUT2D eigenvalue weighted by molar-refractivity contribution is 7.18. The van der Waals surface area contributed by atoms with Crippen molar-refractivity contribution in [2.24, 2.45) is 0 Å². The van der Waals surface area contributed by atoms with Crippen molar-refractivity contribution in [3.8, 4) is 0 Å². The molecule has 0 saturated carbocycles. The summed E-state index contributed by atoms with van der Waals surface area (Å²) in [6.07, 6.45) is 0. The molecule has 1 atom stereocenters. The van der Waals surface area contributed by atoms with E-state index in [-0.39, 0.29) is 24.2 Å². The Morgan fingerprint density at radius 3 is 2.81 bits per heavy atom. The van der Waals surface area contributed by atoms with Crippen LogP contribution in [0.1, 0.15) is 18.0 Å². The molecule has 0 saturated heterocycles. The van der Waals surface area contributed by atoms with Gasteiger partial charge in [-0.1, -0.05) is 18.2 Å². The lowest BCUT2D eigenvalue weighted by molar-refractivity contribution is -0.384. The Kier molecular flexibility index (Phi) is 5.13. The molecular weight excluding hydrogens is 352 g/mol. The third kappa shape index (κ3) is 3.80. The fraction of sp³-hybridized carbons (Fsp3) is 0.222. The number of aromatic nitrogens is 1. The van der Waals surface area contributed by atoms with Gasteiger partial charge in [-0.2, -0.15) is 0 Å². The van der Waals surface area contributed by atoms with E-state index in [0.717, 1.165) is 15.2 Å². The van der Waals surface area contributed by atoms with Gasteiger partial charge >= 0.3 is 0 Å². The van der Waals surface area contributed by atoms with Crippen LogP contribution in [-0.4, -0.2) is 34.3 Å². The van der Waals surface area contributed by atoms with E-state index in [1.165, 1.54) is 12.1 Å². The molecule has 0 fully saturated rings. The van der Waals surface area contributed by atoms with Crippen molar-refractivity contribution < 1.29 is 9.72 Å². The molecule has 8 heteroatoms. The number of fused-ring (bicyclic) bond motifs is 1. The number of anilines is 1. The minimum absolute atomic E-state index is 0.0151. The zero-order chi connectivity index (χ0) is 18.7. The van der Waals surface area contributed by atoms with Crippen molar-refractivity contribution in [1.29, 1.82) is 0 Å². The number of para-hydroxylation sites is 1. The third-order valence-corrected chi connectivity index (χ3v) is 5.35.